The second-order valence-electron chi connectivity index (χ2n) is 7.35. The van der Waals surface area contributed by atoms with Gasteiger partial charge in [0.15, 0.2) is 0 Å². The first-order valence-electron chi connectivity index (χ1n) is 9.37. The summed E-state index contributed by atoms with van der Waals surface area (Å²) in [7, 11) is 1.55. The Balaban J connectivity index is 2.14. The van der Waals surface area contributed by atoms with E-state index < -0.39 is 11.7 Å². The number of allylic oxidation sites excluding steroid dienone is 1. The van der Waals surface area contributed by atoms with Crippen LogP contribution in [0.1, 0.15) is 30.5 Å². The van der Waals surface area contributed by atoms with E-state index in [-0.39, 0.29) is 11.8 Å². The van der Waals surface area contributed by atoms with Crippen molar-refractivity contribution < 1.29 is 22.7 Å². The van der Waals surface area contributed by atoms with Crippen LogP contribution in [0.15, 0.2) is 58.7 Å². The first-order valence-corrected chi connectivity index (χ1v) is 10.2. The molecule has 3 rings (SSSR count). The van der Waals surface area contributed by atoms with Gasteiger partial charge in [-0.3, -0.25) is 4.79 Å². The van der Waals surface area contributed by atoms with Crippen LogP contribution in [0.4, 0.5) is 13.2 Å². The van der Waals surface area contributed by atoms with E-state index in [1.165, 1.54) is 12.1 Å². The first kappa shape index (κ1) is 22.2. The van der Waals surface area contributed by atoms with Gasteiger partial charge in [0.05, 0.1) is 22.9 Å². The maximum atomic E-state index is 13.0. The quantitative estimate of drug-likeness (QED) is 0.499. The molecule has 1 amide bonds. The molecule has 0 bridgehead atoms. The van der Waals surface area contributed by atoms with Crippen molar-refractivity contribution in [2.24, 2.45) is 5.92 Å². The number of para-hydroxylation sites is 1. The molecule has 7 heteroatoms. The van der Waals surface area contributed by atoms with Crippen molar-refractivity contribution in [1.29, 1.82) is 0 Å². The van der Waals surface area contributed by atoms with Crippen molar-refractivity contribution >= 4 is 33.5 Å². The van der Waals surface area contributed by atoms with Gasteiger partial charge in [-0.15, -0.1) is 0 Å². The van der Waals surface area contributed by atoms with E-state index >= 15 is 0 Å². The lowest BCUT2D eigenvalue weighted by Crippen LogP contribution is -2.29. The summed E-state index contributed by atoms with van der Waals surface area (Å²) >= 11 is 3.44. The third-order valence-electron chi connectivity index (χ3n) is 4.66. The summed E-state index contributed by atoms with van der Waals surface area (Å²) in [6.45, 7) is 4.47. The third-order valence-corrected chi connectivity index (χ3v) is 5.40. The number of hydrogen-bond donors (Lipinski definition) is 0. The van der Waals surface area contributed by atoms with Gasteiger partial charge in [0, 0.05) is 17.7 Å². The third kappa shape index (κ3) is 4.46. The van der Waals surface area contributed by atoms with E-state index in [9.17, 15) is 18.0 Å². The fourth-order valence-electron chi connectivity index (χ4n) is 3.31. The molecule has 158 valence electrons. The second-order valence-corrected chi connectivity index (χ2v) is 8.14. The largest absolute Gasteiger partial charge is 0.496 e. The number of halogens is 4. The molecular weight excluding hydrogens is 459 g/mol. The van der Waals surface area contributed by atoms with Gasteiger partial charge in [-0.1, -0.05) is 44.2 Å². The van der Waals surface area contributed by atoms with Crippen molar-refractivity contribution in [3.63, 3.8) is 0 Å². The summed E-state index contributed by atoms with van der Waals surface area (Å²) in [5, 5.41) is 0. The van der Waals surface area contributed by atoms with Crippen LogP contribution >= 0.6 is 15.9 Å². The van der Waals surface area contributed by atoms with Crippen LogP contribution in [0.5, 0.6) is 5.75 Å². The smallest absolute Gasteiger partial charge is 0.416 e. The van der Waals surface area contributed by atoms with Crippen molar-refractivity contribution in [3.05, 3.63) is 75.4 Å². The molecule has 0 unspecified atom stereocenters. The average molecular weight is 480 g/mol. The Morgan fingerprint density at radius 3 is 2.30 bits per heavy atom. The molecular formula is C23H21BrF3NO2. The van der Waals surface area contributed by atoms with Gasteiger partial charge in [-0.25, -0.2) is 0 Å². The molecule has 0 aromatic heterocycles. The Hall–Kier alpha value is -2.54. The van der Waals surface area contributed by atoms with Crippen molar-refractivity contribution in [3.8, 4) is 5.75 Å². The molecule has 0 fully saturated rings. The van der Waals surface area contributed by atoms with E-state index in [1.54, 1.807) is 24.2 Å². The highest BCUT2D eigenvalue weighted by Crippen LogP contribution is 2.44. The molecule has 1 heterocycles. The van der Waals surface area contributed by atoms with Gasteiger partial charge in [-0.05, 0) is 51.7 Å². The van der Waals surface area contributed by atoms with Crippen LogP contribution in [-0.2, 0) is 11.0 Å². The number of alkyl halides is 3. The molecule has 0 saturated heterocycles. The zero-order valence-electron chi connectivity index (χ0n) is 16.8. The first-order chi connectivity index (χ1) is 14.1. The predicted molar refractivity (Wildman–Crippen MR) is 115 cm³/mol. The van der Waals surface area contributed by atoms with Crippen LogP contribution in [0, 0.1) is 5.92 Å². The number of amides is 1. The molecule has 0 radical (unpaired) electrons. The van der Waals surface area contributed by atoms with Crippen LogP contribution in [0.3, 0.4) is 0 Å². The number of benzene rings is 2. The lowest BCUT2D eigenvalue weighted by Gasteiger charge is -2.23. The summed E-state index contributed by atoms with van der Waals surface area (Å²) in [6, 6.07) is 12.2. The van der Waals surface area contributed by atoms with Crippen LogP contribution in [-0.4, -0.2) is 24.5 Å². The van der Waals surface area contributed by atoms with Gasteiger partial charge in [-0.2, -0.15) is 13.2 Å². The maximum Gasteiger partial charge on any atom is 0.416 e. The highest BCUT2D eigenvalue weighted by atomic mass is 79.9. The van der Waals surface area contributed by atoms with E-state index in [0.717, 1.165) is 17.7 Å². The summed E-state index contributed by atoms with van der Waals surface area (Å²) in [4.78, 5) is 14.6. The number of ether oxygens (including phenoxy) is 1. The standard InChI is InChI=1S/C23H21BrF3NO2/c1-14(2)13-28-18(12-15-8-10-16(11-9-15)23(25,26)27)20(21(24)22(28)29)17-6-4-5-7-19(17)30-3/h4-12,14H,13H2,1-3H3/b18-12-. The summed E-state index contributed by atoms with van der Waals surface area (Å²) < 4.78 is 44.6. The minimum Gasteiger partial charge on any atom is -0.496 e. The van der Waals surface area contributed by atoms with Crippen molar-refractivity contribution in [1.82, 2.24) is 4.90 Å². The summed E-state index contributed by atoms with van der Waals surface area (Å²) in [5.41, 5.74) is 1.84. The molecule has 1 aliphatic heterocycles. The Morgan fingerprint density at radius 1 is 1.10 bits per heavy atom. The normalized spacial score (nSPS) is 16.2. The Labute approximate surface area is 182 Å². The molecule has 0 saturated carbocycles. The minimum atomic E-state index is -4.40. The van der Waals surface area contributed by atoms with Gasteiger partial charge in [0.2, 0.25) is 0 Å². The van der Waals surface area contributed by atoms with E-state index in [2.05, 4.69) is 15.9 Å². The fraction of sp³-hybridized carbons (Fsp3) is 0.261. The van der Waals surface area contributed by atoms with Crippen molar-refractivity contribution in [2.75, 3.05) is 13.7 Å². The average Bonchev–Trinajstić information content (AvgIpc) is 2.91. The highest BCUT2D eigenvalue weighted by molar-refractivity contribution is 9.12. The molecule has 2 aromatic rings. The molecule has 3 nitrogen and oxygen atoms in total. The van der Waals surface area contributed by atoms with Crippen molar-refractivity contribution in [2.45, 2.75) is 20.0 Å². The Kier molecular flexibility index (Phi) is 6.41. The van der Waals surface area contributed by atoms with E-state index in [4.69, 9.17) is 4.74 Å². The van der Waals surface area contributed by atoms with E-state index in [0.29, 0.717) is 33.6 Å². The lowest BCUT2D eigenvalue weighted by molar-refractivity contribution is -0.137. The summed E-state index contributed by atoms with van der Waals surface area (Å²) in [6.07, 6.45) is -2.67. The van der Waals surface area contributed by atoms with Gasteiger partial charge < -0.3 is 9.64 Å². The van der Waals surface area contributed by atoms with Gasteiger partial charge >= 0.3 is 6.18 Å². The van der Waals surface area contributed by atoms with Gasteiger partial charge in [0.1, 0.15) is 5.75 Å². The predicted octanol–water partition coefficient (Wildman–Crippen LogP) is 6.36. The molecule has 0 aliphatic carbocycles. The molecule has 1 aliphatic rings. The molecule has 30 heavy (non-hydrogen) atoms. The van der Waals surface area contributed by atoms with Crippen LogP contribution in [0.2, 0.25) is 0 Å². The van der Waals surface area contributed by atoms with Crippen LogP contribution < -0.4 is 4.74 Å². The Morgan fingerprint density at radius 2 is 1.73 bits per heavy atom. The second kappa shape index (κ2) is 8.68. The molecule has 0 spiro atoms. The molecule has 0 N–H and O–H groups in total. The Bertz CT molecular complexity index is 1010. The zero-order valence-corrected chi connectivity index (χ0v) is 18.3. The number of hydrogen-bond acceptors (Lipinski definition) is 2. The van der Waals surface area contributed by atoms with Crippen LogP contribution in [0.25, 0.3) is 11.6 Å². The monoisotopic (exact) mass is 479 g/mol. The number of carbonyl (C=O) groups excluding carboxylic acids is 1. The number of methoxy groups -OCH3 is 1. The number of rotatable bonds is 5. The summed E-state index contributed by atoms with van der Waals surface area (Å²) in [5.74, 6) is 0.604. The molecule has 2 aromatic carbocycles. The highest BCUT2D eigenvalue weighted by Gasteiger charge is 2.36. The molecule has 0 atom stereocenters. The van der Waals surface area contributed by atoms with Gasteiger partial charge in [0.25, 0.3) is 5.91 Å². The van der Waals surface area contributed by atoms with E-state index in [1.807, 2.05) is 32.0 Å². The SMILES string of the molecule is COc1ccccc1C1=C(Br)C(=O)N(CC(C)C)/C1=C\c1ccc(C(F)(F)F)cc1. The minimum absolute atomic E-state index is 0.192. The topological polar surface area (TPSA) is 29.5 Å². The number of carbonyl (C=O) groups is 1. The number of nitrogens with zero attached hydrogens (tertiary/aromatic N) is 1. The lowest BCUT2D eigenvalue weighted by atomic mass is 10.0. The fourth-order valence-corrected chi connectivity index (χ4v) is 3.94. The zero-order chi connectivity index (χ0) is 22.1. The maximum absolute atomic E-state index is 13.0.